The Morgan fingerprint density at radius 2 is 2.21 bits per heavy atom. The van der Waals surface area contributed by atoms with Crippen molar-refractivity contribution in [2.75, 3.05) is 31.6 Å². The summed E-state index contributed by atoms with van der Waals surface area (Å²) in [4.78, 5) is 13.3. The van der Waals surface area contributed by atoms with Crippen molar-refractivity contribution in [1.82, 2.24) is 14.9 Å². The second-order valence-electron chi connectivity index (χ2n) is 5.13. The second kappa shape index (κ2) is 6.53. The van der Waals surface area contributed by atoms with Gasteiger partial charge in [0.2, 0.25) is 0 Å². The lowest BCUT2D eigenvalue weighted by Crippen LogP contribution is -2.39. The maximum absolute atomic E-state index is 6.16. The van der Waals surface area contributed by atoms with Crippen LogP contribution in [0.5, 0.6) is 0 Å². The fourth-order valence-corrected chi connectivity index (χ4v) is 3.20. The van der Waals surface area contributed by atoms with Crippen LogP contribution in [-0.2, 0) is 6.42 Å². The van der Waals surface area contributed by atoms with Crippen LogP contribution >= 0.6 is 11.6 Å². The Balaban J connectivity index is 2.11. The lowest BCUT2D eigenvalue weighted by Gasteiger charge is -2.29. The van der Waals surface area contributed by atoms with Crippen LogP contribution < -0.4 is 4.90 Å². The lowest BCUT2D eigenvalue weighted by atomic mass is 10.2. The summed E-state index contributed by atoms with van der Waals surface area (Å²) < 4.78 is 0. The fraction of sp³-hybridized carbons (Fsp3) is 0.714. The standard InChI is InChI=1S/C14H23ClN4/c1-4-12-13(15)16-10-17-14(12)18(3)9-11-7-6-8-19(11)5-2/h10-11H,4-9H2,1-3H3. The van der Waals surface area contributed by atoms with E-state index in [0.717, 1.165) is 30.9 Å². The van der Waals surface area contributed by atoms with E-state index in [2.05, 4.69) is 40.7 Å². The molecule has 1 unspecified atom stereocenters. The first-order valence-corrected chi connectivity index (χ1v) is 7.49. The van der Waals surface area contributed by atoms with E-state index in [1.807, 2.05) is 0 Å². The molecule has 1 aromatic rings. The van der Waals surface area contributed by atoms with Crippen LogP contribution in [0, 0.1) is 0 Å². The first-order chi connectivity index (χ1) is 9.17. The molecule has 5 heteroatoms. The Morgan fingerprint density at radius 3 is 2.89 bits per heavy atom. The fourth-order valence-electron chi connectivity index (χ4n) is 2.94. The monoisotopic (exact) mass is 282 g/mol. The lowest BCUT2D eigenvalue weighted by molar-refractivity contribution is 0.270. The zero-order valence-corrected chi connectivity index (χ0v) is 12.8. The van der Waals surface area contributed by atoms with Crippen LogP contribution in [0.3, 0.4) is 0 Å². The minimum absolute atomic E-state index is 0.582. The molecular formula is C14H23ClN4. The number of likely N-dealkylation sites (tertiary alicyclic amines) is 1. The second-order valence-corrected chi connectivity index (χ2v) is 5.48. The van der Waals surface area contributed by atoms with Crippen molar-refractivity contribution >= 4 is 17.4 Å². The first kappa shape index (κ1) is 14.5. The third-order valence-electron chi connectivity index (χ3n) is 3.98. The van der Waals surface area contributed by atoms with Gasteiger partial charge in [-0.1, -0.05) is 25.4 Å². The van der Waals surface area contributed by atoms with Crippen molar-refractivity contribution in [3.8, 4) is 0 Å². The molecule has 1 aliphatic rings. The molecule has 1 fully saturated rings. The van der Waals surface area contributed by atoms with Gasteiger partial charge in [-0.2, -0.15) is 0 Å². The average molecular weight is 283 g/mol. The highest BCUT2D eigenvalue weighted by Gasteiger charge is 2.25. The number of anilines is 1. The Morgan fingerprint density at radius 1 is 1.42 bits per heavy atom. The highest BCUT2D eigenvalue weighted by Crippen LogP contribution is 2.25. The van der Waals surface area contributed by atoms with E-state index in [9.17, 15) is 0 Å². The van der Waals surface area contributed by atoms with Crippen LogP contribution in [0.15, 0.2) is 6.33 Å². The van der Waals surface area contributed by atoms with Crippen LogP contribution in [0.1, 0.15) is 32.3 Å². The highest BCUT2D eigenvalue weighted by molar-refractivity contribution is 6.30. The molecule has 0 bridgehead atoms. The molecule has 0 N–H and O–H groups in total. The first-order valence-electron chi connectivity index (χ1n) is 7.11. The molecule has 0 aromatic carbocycles. The van der Waals surface area contributed by atoms with Crippen molar-refractivity contribution in [2.45, 2.75) is 39.2 Å². The summed E-state index contributed by atoms with van der Waals surface area (Å²) in [7, 11) is 2.10. The van der Waals surface area contributed by atoms with Crippen LogP contribution in [0.25, 0.3) is 0 Å². The minimum atomic E-state index is 0.582. The largest absolute Gasteiger partial charge is 0.358 e. The summed E-state index contributed by atoms with van der Waals surface area (Å²) in [5.74, 6) is 0.977. The Hall–Kier alpha value is -0.870. The Kier molecular flexibility index (Phi) is 4.99. The van der Waals surface area contributed by atoms with E-state index in [0.29, 0.717) is 11.2 Å². The van der Waals surface area contributed by atoms with Crippen LogP contribution in [0.2, 0.25) is 5.15 Å². The molecule has 2 heterocycles. The molecule has 2 rings (SSSR count). The summed E-state index contributed by atoms with van der Waals surface area (Å²) >= 11 is 6.16. The zero-order valence-electron chi connectivity index (χ0n) is 12.1. The SMILES string of the molecule is CCc1c(Cl)ncnc1N(C)CC1CCCN1CC. The molecular weight excluding hydrogens is 260 g/mol. The third kappa shape index (κ3) is 3.18. The van der Waals surface area contributed by atoms with E-state index >= 15 is 0 Å². The summed E-state index contributed by atoms with van der Waals surface area (Å²) in [5.41, 5.74) is 1.05. The smallest absolute Gasteiger partial charge is 0.137 e. The molecule has 0 amide bonds. The zero-order chi connectivity index (χ0) is 13.8. The molecule has 0 spiro atoms. The van der Waals surface area contributed by atoms with Gasteiger partial charge >= 0.3 is 0 Å². The van der Waals surface area contributed by atoms with Crippen molar-refractivity contribution < 1.29 is 0 Å². The van der Waals surface area contributed by atoms with Gasteiger partial charge in [0.05, 0.1) is 0 Å². The summed E-state index contributed by atoms with van der Waals surface area (Å²) in [6.45, 7) is 7.69. The molecule has 19 heavy (non-hydrogen) atoms. The van der Waals surface area contributed by atoms with Crippen molar-refractivity contribution in [3.63, 3.8) is 0 Å². The van der Waals surface area contributed by atoms with Gasteiger partial charge in [-0.05, 0) is 32.4 Å². The molecule has 106 valence electrons. The molecule has 1 aromatic heterocycles. The molecule has 1 aliphatic heterocycles. The van der Waals surface area contributed by atoms with Gasteiger partial charge in [-0.25, -0.2) is 9.97 Å². The van der Waals surface area contributed by atoms with E-state index in [4.69, 9.17) is 11.6 Å². The Bertz CT molecular complexity index is 424. The van der Waals surface area contributed by atoms with E-state index in [1.165, 1.54) is 19.4 Å². The molecule has 1 saturated heterocycles. The quantitative estimate of drug-likeness (QED) is 0.777. The predicted molar refractivity (Wildman–Crippen MR) is 80.0 cm³/mol. The predicted octanol–water partition coefficient (Wildman–Crippen LogP) is 2.61. The van der Waals surface area contributed by atoms with Gasteiger partial charge in [0.1, 0.15) is 17.3 Å². The highest BCUT2D eigenvalue weighted by atomic mass is 35.5. The molecule has 0 saturated carbocycles. The summed E-state index contributed by atoms with van der Waals surface area (Å²) in [6, 6.07) is 0.633. The molecule has 0 aliphatic carbocycles. The number of aromatic nitrogens is 2. The normalized spacial score (nSPS) is 19.9. The number of hydrogen-bond acceptors (Lipinski definition) is 4. The van der Waals surface area contributed by atoms with Gasteiger partial charge in [0.25, 0.3) is 0 Å². The van der Waals surface area contributed by atoms with Crippen molar-refractivity contribution in [1.29, 1.82) is 0 Å². The van der Waals surface area contributed by atoms with Crippen molar-refractivity contribution in [2.24, 2.45) is 0 Å². The summed E-state index contributed by atoms with van der Waals surface area (Å²) in [6.07, 6.45) is 5.00. The van der Waals surface area contributed by atoms with Gasteiger partial charge in [-0.15, -0.1) is 0 Å². The summed E-state index contributed by atoms with van der Waals surface area (Å²) in [5, 5.41) is 0.582. The molecule has 0 radical (unpaired) electrons. The van der Waals surface area contributed by atoms with Gasteiger partial charge in [-0.3, -0.25) is 4.90 Å². The third-order valence-corrected chi connectivity index (χ3v) is 4.30. The maximum Gasteiger partial charge on any atom is 0.137 e. The Labute approximate surface area is 120 Å². The maximum atomic E-state index is 6.16. The molecule has 1 atom stereocenters. The van der Waals surface area contributed by atoms with Crippen LogP contribution in [0.4, 0.5) is 5.82 Å². The number of hydrogen-bond donors (Lipinski definition) is 0. The van der Waals surface area contributed by atoms with Gasteiger partial charge in [0.15, 0.2) is 0 Å². The number of rotatable bonds is 5. The van der Waals surface area contributed by atoms with Crippen molar-refractivity contribution in [3.05, 3.63) is 17.0 Å². The van der Waals surface area contributed by atoms with E-state index < -0.39 is 0 Å². The van der Waals surface area contributed by atoms with E-state index in [1.54, 1.807) is 6.33 Å². The van der Waals surface area contributed by atoms with Crippen LogP contribution in [-0.4, -0.2) is 47.6 Å². The molecule has 4 nitrogen and oxygen atoms in total. The van der Waals surface area contributed by atoms with Gasteiger partial charge < -0.3 is 4.90 Å². The number of likely N-dealkylation sites (N-methyl/N-ethyl adjacent to an activating group) is 2. The van der Waals surface area contributed by atoms with Gasteiger partial charge in [0, 0.05) is 25.2 Å². The number of nitrogens with zero attached hydrogens (tertiary/aromatic N) is 4. The minimum Gasteiger partial charge on any atom is -0.358 e. The average Bonchev–Trinajstić information content (AvgIpc) is 2.85. The number of halogens is 1. The van der Waals surface area contributed by atoms with E-state index in [-0.39, 0.29) is 0 Å². The topological polar surface area (TPSA) is 32.3 Å².